The molecule has 4 aromatic rings. The van der Waals surface area contributed by atoms with E-state index in [4.69, 9.17) is 10.2 Å². The molecule has 0 spiro atoms. The first-order valence-corrected chi connectivity index (χ1v) is 9.53. The summed E-state index contributed by atoms with van der Waals surface area (Å²) in [6, 6.07) is 23.4. The van der Waals surface area contributed by atoms with Crippen molar-refractivity contribution in [3.63, 3.8) is 0 Å². The van der Waals surface area contributed by atoms with Crippen molar-refractivity contribution in [1.29, 1.82) is 0 Å². The quantitative estimate of drug-likeness (QED) is 0.321. The minimum absolute atomic E-state index is 0.182. The standard InChI is InChI=1S/C24H16N4O4/c29-23(30)15-7-11-17(12-8-15)25-27-21-5-1-3-19-20(21)4-2-6-22(19)28-26-18-13-9-16(10-14-18)24(31)32/h1-14H,(H,29,30)(H,31,32). The SMILES string of the molecule is O=C(O)c1ccc(N=Nc2cccc3c(N=Nc4ccc(C(=O)O)cc4)cccc23)cc1. The summed E-state index contributed by atoms with van der Waals surface area (Å²) in [6.45, 7) is 0. The van der Waals surface area contributed by atoms with Gasteiger partial charge in [-0.2, -0.15) is 10.2 Å². The van der Waals surface area contributed by atoms with Crippen molar-refractivity contribution in [3.05, 3.63) is 96.1 Å². The Morgan fingerprint density at radius 2 is 0.875 bits per heavy atom. The van der Waals surface area contributed by atoms with Crippen LogP contribution in [0.1, 0.15) is 20.7 Å². The highest BCUT2D eigenvalue weighted by Gasteiger charge is 2.06. The lowest BCUT2D eigenvalue weighted by Crippen LogP contribution is -1.93. The molecule has 0 aliphatic carbocycles. The van der Waals surface area contributed by atoms with Gasteiger partial charge in [-0.05, 0) is 60.7 Å². The number of carboxylic acids is 2. The van der Waals surface area contributed by atoms with Crippen molar-refractivity contribution in [3.8, 4) is 0 Å². The van der Waals surface area contributed by atoms with E-state index in [1.165, 1.54) is 24.3 Å². The second-order valence-electron chi connectivity index (χ2n) is 6.75. The van der Waals surface area contributed by atoms with Gasteiger partial charge in [-0.15, -0.1) is 10.2 Å². The van der Waals surface area contributed by atoms with E-state index in [1.807, 2.05) is 36.4 Å². The Balaban J connectivity index is 1.62. The summed E-state index contributed by atoms with van der Waals surface area (Å²) >= 11 is 0. The Hall–Kier alpha value is -4.72. The number of carbonyl (C=O) groups is 2. The van der Waals surface area contributed by atoms with E-state index >= 15 is 0 Å². The second kappa shape index (κ2) is 8.97. The van der Waals surface area contributed by atoms with Gasteiger partial charge in [0, 0.05) is 10.8 Å². The fraction of sp³-hybridized carbons (Fsp3) is 0. The molecular weight excluding hydrogens is 408 g/mol. The molecule has 0 saturated heterocycles. The second-order valence-corrected chi connectivity index (χ2v) is 6.75. The molecule has 32 heavy (non-hydrogen) atoms. The van der Waals surface area contributed by atoms with Crippen LogP contribution < -0.4 is 0 Å². The Morgan fingerprint density at radius 3 is 1.22 bits per heavy atom. The molecule has 0 atom stereocenters. The molecule has 0 aliphatic rings. The smallest absolute Gasteiger partial charge is 0.335 e. The van der Waals surface area contributed by atoms with Crippen LogP contribution in [0.3, 0.4) is 0 Å². The van der Waals surface area contributed by atoms with E-state index in [0.717, 1.165) is 10.8 Å². The molecule has 0 unspecified atom stereocenters. The Morgan fingerprint density at radius 1 is 0.500 bits per heavy atom. The maximum Gasteiger partial charge on any atom is 0.335 e. The van der Waals surface area contributed by atoms with Gasteiger partial charge < -0.3 is 10.2 Å². The molecule has 8 nitrogen and oxygen atoms in total. The molecule has 0 amide bonds. The first-order chi connectivity index (χ1) is 15.5. The van der Waals surface area contributed by atoms with Crippen molar-refractivity contribution < 1.29 is 19.8 Å². The number of rotatable bonds is 6. The van der Waals surface area contributed by atoms with E-state index in [0.29, 0.717) is 22.7 Å². The Bertz CT molecular complexity index is 1250. The molecule has 0 bridgehead atoms. The summed E-state index contributed by atoms with van der Waals surface area (Å²) in [5.41, 5.74) is 2.70. The van der Waals surface area contributed by atoms with Crippen molar-refractivity contribution in [2.24, 2.45) is 20.5 Å². The normalized spacial score (nSPS) is 11.4. The highest BCUT2D eigenvalue weighted by atomic mass is 16.4. The fourth-order valence-electron chi connectivity index (χ4n) is 3.02. The van der Waals surface area contributed by atoms with Crippen LogP contribution in [0.4, 0.5) is 22.7 Å². The number of carboxylic acid groups (broad SMARTS) is 2. The maximum absolute atomic E-state index is 11.0. The average molecular weight is 424 g/mol. The van der Waals surface area contributed by atoms with Gasteiger partial charge in [-0.25, -0.2) is 9.59 Å². The van der Waals surface area contributed by atoms with Crippen LogP contribution in [0.25, 0.3) is 10.8 Å². The summed E-state index contributed by atoms with van der Waals surface area (Å²) in [4.78, 5) is 21.9. The van der Waals surface area contributed by atoms with E-state index < -0.39 is 11.9 Å². The number of benzene rings is 4. The van der Waals surface area contributed by atoms with Crippen LogP contribution in [0.15, 0.2) is 105 Å². The lowest BCUT2D eigenvalue weighted by molar-refractivity contribution is 0.0686. The summed E-state index contributed by atoms with van der Waals surface area (Å²) < 4.78 is 0. The van der Waals surface area contributed by atoms with Gasteiger partial charge in [-0.3, -0.25) is 0 Å². The van der Waals surface area contributed by atoms with Crippen LogP contribution in [0.5, 0.6) is 0 Å². The molecular formula is C24H16N4O4. The van der Waals surface area contributed by atoms with Crippen LogP contribution in [-0.2, 0) is 0 Å². The Labute approximate surface area is 182 Å². The number of nitrogens with zero attached hydrogens (tertiary/aromatic N) is 4. The molecule has 8 heteroatoms. The summed E-state index contributed by atoms with van der Waals surface area (Å²) in [6.07, 6.45) is 0. The van der Waals surface area contributed by atoms with Crippen LogP contribution in [0, 0.1) is 0 Å². The number of hydrogen-bond donors (Lipinski definition) is 2. The number of fused-ring (bicyclic) bond motifs is 1. The van der Waals surface area contributed by atoms with Crippen molar-refractivity contribution >= 4 is 45.5 Å². The van der Waals surface area contributed by atoms with E-state index in [1.54, 1.807) is 24.3 Å². The van der Waals surface area contributed by atoms with Gasteiger partial charge in [0.2, 0.25) is 0 Å². The van der Waals surface area contributed by atoms with E-state index in [9.17, 15) is 9.59 Å². The molecule has 4 aromatic carbocycles. The minimum atomic E-state index is -0.998. The molecule has 156 valence electrons. The summed E-state index contributed by atoms with van der Waals surface area (Å²) in [5, 5.41) is 36.7. The highest BCUT2D eigenvalue weighted by molar-refractivity contribution is 5.99. The minimum Gasteiger partial charge on any atom is -0.478 e. The zero-order valence-electron chi connectivity index (χ0n) is 16.6. The van der Waals surface area contributed by atoms with Crippen LogP contribution >= 0.6 is 0 Å². The van der Waals surface area contributed by atoms with E-state index in [2.05, 4.69) is 20.5 Å². The van der Waals surface area contributed by atoms with Crippen molar-refractivity contribution in [2.45, 2.75) is 0 Å². The van der Waals surface area contributed by atoms with Crippen LogP contribution in [-0.4, -0.2) is 22.2 Å². The zero-order chi connectivity index (χ0) is 22.5. The largest absolute Gasteiger partial charge is 0.478 e. The highest BCUT2D eigenvalue weighted by Crippen LogP contribution is 2.34. The molecule has 0 heterocycles. The molecule has 0 saturated carbocycles. The first kappa shape index (κ1) is 20.5. The molecule has 0 fully saturated rings. The Kier molecular flexibility index (Phi) is 5.76. The van der Waals surface area contributed by atoms with Gasteiger partial charge in [0.05, 0.1) is 33.9 Å². The summed E-state index contributed by atoms with van der Waals surface area (Å²) in [7, 11) is 0. The third-order valence-electron chi connectivity index (χ3n) is 4.65. The molecule has 2 N–H and O–H groups in total. The predicted octanol–water partition coefficient (Wildman–Crippen LogP) is 7.07. The van der Waals surface area contributed by atoms with Gasteiger partial charge in [0.25, 0.3) is 0 Å². The number of azo groups is 2. The van der Waals surface area contributed by atoms with Crippen molar-refractivity contribution in [1.82, 2.24) is 0 Å². The van der Waals surface area contributed by atoms with E-state index in [-0.39, 0.29) is 11.1 Å². The van der Waals surface area contributed by atoms with Crippen LogP contribution in [0.2, 0.25) is 0 Å². The average Bonchev–Trinajstić information content (AvgIpc) is 2.81. The van der Waals surface area contributed by atoms with Crippen molar-refractivity contribution in [2.75, 3.05) is 0 Å². The van der Waals surface area contributed by atoms with Gasteiger partial charge in [0.15, 0.2) is 0 Å². The lowest BCUT2D eigenvalue weighted by Gasteiger charge is -2.04. The third kappa shape index (κ3) is 4.54. The van der Waals surface area contributed by atoms with Gasteiger partial charge in [-0.1, -0.05) is 24.3 Å². The first-order valence-electron chi connectivity index (χ1n) is 9.53. The molecule has 4 rings (SSSR count). The van der Waals surface area contributed by atoms with Gasteiger partial charge in [0.1, 0.15) is 0 Å². The van der Waals surface area contributed by atoms with Gasteiger partial charge >= 0.3 is 11.9 Å². The number of hydrogen-bond acceptors (Lipinski definition) is 6. The topological polar surface area (TPSA) is 124 Å². The maximum atomic E-state index is 11.0. The molecule has 0 aliphatic heterocycles. The monoisotopic (exact) mass is 424 g/mol. The lowest BCUT2D eigenvalue weighted by atomic mass is 10.1. The zero-order valence-corrected chi connectivity index (χ0v) is 16.6. The predicted molar refractivity (Wildman–Crippen MR) is 119 cm³/mol. The fourth-order valence-corrected chi connectivity index (χ4v) is 3.02. The number of aromatic carboxylic acids is 2. The third-order valence-corrected chi connectivity index (χ3v) is 4.65. The molecule has 0 aromatic heterocycles. The molecule has 0 radical (unpaired) electrons. The summed E-state index contributed by atoms with van der Waals surface area (Å²) in [5.74, 6) is -2.00.